The molecule has 0 unspecified atom stereocenters. The van der Waals surface area contributed by atoms with Gasteiger partial charge in [0.05, 0.1) is 6.10 Å². The summed E-state index contributed by atoms with van der Waals surface area (Å²) in [5.41, 5.74) is 2.76. The molecule has 0 aromatic heterocycles. The molecule has 0 heterocycles. The van der Waals surface area contributed by atoms with E-state index in [1.165, 1.54) is 24.0 Å². The van der Waals surface area contributed by atoms with E-state index >= 15 is 0 Å². The summed E-state index contributed by atoms with van der Waals surface area (Å²) in [6.07, 6.45) is 15.8. The van der Waals surface area contributed by atoms with Crippen molar-refractivity contribution in [3.63, 3.8) is 0 Å². The number of aryl methyl sites for hydroxylation is 2. The maximum absolute atomic E-state index is 14.0. The maximum atomic E-state index is 14.0. The molecule has 0 aliphatic heterocycles. The Labute approximate surface area is 345 Å². The van der Waals surface area contributed by atoms with E-state index in [9.17, 15) is 9.59 Å². The molecule has 6 heteroatoms. The third-order valence-electron chi connectivity index (χ3n) is 14.6. The minimum absolute atomic E-state index is 0.0463. The van der Waals surface area contributed by atoms with E-state index in [2.05, 4.69) is 154 Å². The van der Waals surface area contributed by atoms with Crippen LogP contribution in [-0.4, -0.2) is 40.4 Å². The van der Waals surface area contributed by atoms with Crippen molar-refractivity contribution in [3.8, 4) is 0 Å². The SMILES string of the molecule is C[C@@H](CCc1ccccc1)CC[C@H]1[C@H](C)CC(=O)[C@@H]1C/C=C/C[C@H]1C(=O)C[C@@H](O[Si](C)(C)C(C)(C)C)[C@@H]1CC[C@H](CCc1ccccc1)O[Si](C)(C)C(C)(C)C. The molecular formula is C50H80O4Si2. The van der Waals surface area contributed by atoms with Gasteiger partial charge < -0.3 is 8.85 Å². The lowest BCUT2D eigenvalue weighted by Gasteiger charge is -2.41. The van der Waals surface area contributed by atoms with Crippen molar-refractivity contribution >= 4 is 28.2 Å². The van der Waals surface area contributed by atoms with E-state index in [-0.39, 0.29) is 40.0 Å². The summed E-state index contributed by atoms with van der Waals surface area (Å²) in [7, 11) is -4.11. The third kappa shape index (κ3) is 13.2. The largest absolute Gasteiger partial charge is 0.414 e. The van der Waals surface area contributed by atoms with E-state index in [0.717, 1.165) is 51.4 Å². The summed E-state index contributed by atoms with van der Waals surface area (Å²) in [4.78, 5) is 27.3. The van der Waals surface area contributed by atoms with Crippen LogP contribution >= 0.6 is 0 Å². The molecule has 4 nitrogen and oxygen atoms in total. The number of allylic oxidation sites excluding steroid dienone is 2. The van der Waals surface area contributed by atoms with Crippen molar-refractivity contribution < 1.29 is 18.4 Å². The first-order valence-electron chi connectivity index (χ1n) is 22.3. The Hall–Kier alpha value is -2.13. The molecule has 2 aromatic rings. The number of Topliss-reactive ketones (excluding diaryl/α,β-unsaturated/α-hetero) is 2. The Morgan fingerprint density at radius 1 is 0.661 bits per heavy atom. The lowest BCUT2D eigenvalue weighted by Crippen LogP contribution is -2.45. The average Bonchev–Trinajstić information content (AvgIpc) is 3.56. The number of carbonyl (C=O) groups excluding carboxylic acids is 2. The summed E-state index contributed by atoms with van der Waals surface area (Å²) in [6.45, 7) is 27.9. The number of benzene rings is 2. The zero-order valence-electron chi connectivity index (χ0n) is 37.7. The summed E-state index contributed by atoms with van der Waals surface area (Å²) in [5.74, 6) is 2.54. The molecule has 4 rings (SSSR count). The van der Waals surface area contributed by atoms with Gasteiger partial charge in [-0.05, 0) is 129 Å². The predicted molar refractivity (Wildman–Crippen MR) is 242 cm³/mol. The number of rotatable bonds is 20. The average molecular weight is 801 g/mol. The summed E-state index contributed by atoms with van der Waals surface area (Å²) in [6, 6.07) is 21.6. The van der Waals surface area contributed by atoms with Crippen molar-refractivity contribution in [2.24, 2.45) is 35.5 Å². The Balaban J connectivity index is 1.45. The Kier molecular flexibility index (Phi) is 16.8. The second-order valence-corrected chi connectivity index (χ2v) is 30.5. The monoisotopic (exact) mass is 801 g/mol. The number of ketones is 2. The minimum atomic E-state index is -2.10. The molecule has 312 valence electrons. The molecule has 2 aliphatic carbocycles. The van der Waals surface area contributed by atoms with Gasteiger partial charge in [-0.1, -0.05) is 135 Å². The molecule has 0 bridgehead atoms. The third-order valence-corrected chi connectivity index (χ3v) is 23.7. The van der Waals surface area contributed by atoms with Gasteiger partial charge in [-0.25, -0.2) is 0 Å². The number of hydrogen-bond acceptors (Lipinski definition) is 4. The Morgan fingerprint density at radius 3 is 1.68 bits per heavy atom. The van der Waals surface area contributed by atoms with Crippen molar-refractivity contribution in [3.05, 3.63) is 83.9 Å². The highest BCUT2D eigenvalue weighted by Crippen LogP contribution is 2.45. The Morgan fingerprint density at radius 2 is 1.14 bits per heavy atom. The quantitative estimate of drug-likeness (QED) is 0.0989. The topological polar surface area (TPSA) is 52.6 Å². The van der Waals surface area contributed by atoms with Crippen LogP contribution in [0.2, 0.25) is 36.3 Å². The summed E-state index contributed by atoms with van der Waals surface area (Å²) in [5, 5.41) is 0.199. The standard InChI is InChI=1S/C50H80O4Si2/c1-37(27-29-39-21-15-13-16-22-39)28-33-42-38(2)35-46(51)43(42)25-19-20-26-44-45(48(36-47(44)52)54-56(11,12)50(6,7)8)34-32-41(53-55(9,10)49(3,4)5)31-30-40-23-17-14-18-24-40/h13-24,37-38,41-45,48H,25-36H2,1-12H3/b20-19+/t37-,38+,41-,42-,43+,44+,45+,48+/m0/s1. The van der Waals surface area contributed by atoms with Gasteiger partial charge in [-0.2, -0.15) is 0 Å². The molecule has 56 heavy (non-hydrogen) atoms. The first-order chi connectivity index (χ1) is 26.2. The lowest BCUT2D eigenvalue weighted by atomic mass is 9.81. The van der Waals surface area contributed by atoms with Crippen molar-refractivity contribution in [2.75, 3.05) is 0 Å². The summed E-state index contributed by atoms with van der Waals surface area (Å²) >= 11 is 0. The molecule has 0 radical (unpaired) electrons. The van der Waals surface area contributed by atoms with Crippen LogP contribution in [0.15, 0.2) is 72.8 Å². The first-order valence-corrected chi connectivity index (χ1v) is 28.1. The van der Waals surface area contributed by atoms with Crippen LogP contribution < -0.4 is 0 Å². The van der Waals surface area contributed by atoms with Crippen LogP contribution in [0, 0.1) is 35.5 Å². The van der Waals surface area contributed by atoms with Crippen LogP contribution in [0.25, 0.3) is 0 Å². The molecule has 2 aliphatic rings. The number of hydrogen-bond donors (Lipinski definition) is 0. The van der Waals surface area contributed by atoms with Gasteiger partial charge in [-0.3, -0.25) is 9.59 Å². The highest BCUT2D eigenvalue weighted by molar-refractivity contribution is 6.74. The zero-order chi connectivity index (χ0) is 41.3. The molecular weight excluding hydrogens is 721 g/mol. The van der Waals surface area contributed by atoms with E-state index in [1.807, 2.05) is 0 Å². The molecule has 0 amide bonds. The van der Waals surface area contributed by atoms with Crippen molar-refractivity contribution in [2.45, 2.75) is 181 Å². The molecule has 0 saturated heterocycles. The first kappa shape index (κ1) is 46.6. The van der Waals surface area contributed by atoms with Crippen LogP contribution in [0.5, 0.6) is 0 Å². The van der Waals surface area contributed by atoms with E-state index in [4.69, 9.17) is 8.85 Å². The van der Waals surface area contributed by atoms with Gasteiger partial charge >= 0.3 is 0 Å². The van der Waals surface area contributed by atoms with Crippen LogP contribution in [0.3, 0.4) is 0 Å². The second kappa shape index (κ2) is 20.2. The van der Waals surface area contributed by atoms with Crippen molar-refractivity contribution in [1.29, 1.82) is 0 Å². The molecule has 2 fully saturated rings. The van der Waals surface area contributed by atoms with Gasteiger partial charge in [-0.15, -0.1) is 0 Å². The maximum Gasteiger partial charge on any atom is 0.192 e. The highest BCUT2D eigenvalue weighted by atomic mass is 28.4. The molecule has 0 spiro atoms. The lowest BCUT2D eigenvalue weighted by molar-refractivity contribution is -0.122. The van der Waals surface area contributed by atoms with Gasteiger partial charge in [0.25, 0.3) is 0 Å². The van der Waals surface area contributed by atoms with E-state index in [1.54, 1.807) is 0 Å². The van der Waals surface area contributed by atoms with Gasteiger partial charge in [0, 0.05) is 30.8 Å². The Bertz CT molecular complexity index is 1540. The van der Waals surface area contributed by atoms with Crippen LogP contribution in [0.4, 0.5) is 0 Å². The van der Waals surface area contributed by atoms with Gasteiger partial charge in [0.15, 0.2) is 16.6 Å². The molecule has 8 atom stereocenters. The normalized spacial score (nSPS) is 25.0. The number of carbonyl (C=O) groups is 2. The predicted octanol–water partition coefficient (Wildman–Crippen LogP) is 13.6. The molecule has 2 saturated carbocycles. The fourth-order valence-electron chi connectivity index (χ4n) is 8.79. The fourth-order valence-corrected chi connectivity index (χ4v) is 11.6. The molecule has 0 N–H and O–H groups in total. The molecule has 2 aromatic carbocycles. The van der Waals surface area contributed by atoms with E-state index < -0.39 is 16.6 Å². The van der Waals surface area contributed by atoms with Crippen LogP contribution in [0.1, 0.15) is 131 Å². The minimum Gasteiger partial charge on any atom is -0.414 e. The van der Waals surface area contributed by atoms with Crippen LogP contribution in [-0.2, 0) is 31.3 Å². The smallest absolute Gasteiger partial charge is 0.192 e. The van der Waals surface area contributed by atoms with Crippen molar-refractivity contribution in [1.82, 2.24) is 0 Å². The zero-order valence-corrected chi connectivity index (χ0v) is 39.7. The van der Waals surface area contributed by atoms with E-state index in [0.29, 0.717) is 42.2 Å². The van der Waals surface area contributed by atoms with Gasteiger partial charge in [0.2, 0.25) is 0 Å². The fraction of sp³-hybridized carbons (Fsp3) is 0.680. The summed E-state index contributed by atoms with van der Waals surface area (Å²) < 4.78 is 14.3. The highest BCUT2D eigenvalue weighted by Gasteiger charge is 2.48. The van der Waals surface area contributed by atoms with Gasteiger partial charge in [0.1, 0.15) is 11.6 Å². The second-order valence-electron chi connectivity index (χ2n) is 21.0.